The highest BCUT2D eigenvalue weighted by Crippen LogP contribution is 2.37. The van der Waals surface area contributed by atoms with Crippen molar-refractivity contribution in [3.05, 3.63) is 35.1 Å². The van der Waals surface area contributed by atoms with Gasteiger partial charge in [-0.2, -0.15) is 0 Å². The predicted molar refractivity (Wildman–Crippen MR) is 67.5 cm³/mol. The lowest BCUT2D eigenvalue weighted by Gasteiger charge is -2.36. The average Bonchev–Trinajstić information content (AvgIpc) is 2.85. The standard InChI is InChI=1S/C15H15F3O3/c16-10-5-11(17)13(12(18)6-10)14(19)9-1-3-21-15(7-9)2-4-20-8-15/h5-6,9H,1-4,7-8H2. The van der Waals surface area contributed by atoms with E-state index >= 15 is 0 Å². The van der Waals surface area contributed by atoms with Crippen molar-refractivity contribution in [3.63, 3.8) is 0 Å². The lowest BCUT2D eigenvalue weighted by atomic mass is 9.81. The molecule has 1 spiro atoms. The van der Waals surface area contributed by atoms with Crippen LogP contribution in [-0.4, -0.2) is 31.2 Å². The molecule has 1 aromatic rings. The van der Waals surface area contributed by atoms with E-state index in [1.165, 1.54) is 0 Å². The zero-order valence-electron chi connectivity index (χ0n) is 11.3. The highest BCUT2D eigenvalue weighted by molar-refractivity contribution is 5.98. The molecule has 0 N–H and O–H groups in total. The van der Waals surface area contributed by atoms with Crippen molar-refractivity contribution in [3.8, 4) is 0 Å². The molecule has 0 saturated carbocycles. The number of carbonyl (C=O) groups excluding carboxylic acids is 1. The normalized spacial score (nSPS) is 29.0. The molecule has 2 heterocycles. The molecule has 2 unspecified atom stereocenters. The summed E-state index contributed by atoms with van der Waals surface area (Å²) in [6, 6.07) is 1.06. The van der Waals surface area contributed by atoms with Crippen LogP contribution in [0.4, 0.5) is 13.2 Å². The van der Waals surface area contributed by atoms with Gasteiger partial charge >= 0.3 is 0 Å². The molecule has 0 aliphatic carbocycles. The summed E-state index contributed by atoms with van der Waals surface area (Å²) in [6.07, 6.45) is 1.45. The van der Waals surface area contributed by atoms with Gasteiger partial charge < -0.3 is 9.47 Å². The van der Waals surface area contributed by atoms with Gasteiger partial charge in [0.05, 0.1) is 17.8 Å². The van der Waals surface area contributed by atoms with Gasteiger partial charge in [-0.3, -0.25) is 4.79 Å². The molecule has 3 nitrogen and oxygen atoms in total. The summed E-state index contributed by atoms with van der Waals surface area (Å²) >= 11 is 0. The fourth-order valence-corrected chi connectivity index (χ4v) is 3.10. The van der Waals surface area contributed by atoms with Gasteiger partial charge in [-0.15, -0.1) is 0 Å². The molecule has 2 saturated heterocycles. The number of hydrogen-bond donors (Lipinski definition) is 0. The van der Waals surface area contributed by atoms with E-state index in [1.807, 2.05) is 0 Å². The van der Waals surface area contributed by atoms with Crippen molar-refractivity contribution in [2.75, 3.05) is 19.8 Å². The maximum absolute atomic E-state index is 13.7. The highest BCUT2D eigenvalue weighted by atomic mass is 19.1. The summed E-state index contributed by atoms with van der Waals surface area (Å²) in [6.45, 7) is 1.30. The quantitative estimate of drug-likeness (QED) is 0.788. The Hall–Kier alpha value is -1.40. The van der Waals surface area contributed by atoms with Gasteiger partial charge in [0.25, 0.3) is 0 Å². The predicted octanol–water partition coefficient (Wildman–Crippen LogP) is 2.87. The molecule has 2 atom stereocenters. The number of hydrogen-bond acceptors (Lipinski definition) is 3. The topological polar surface area (TPSA) is 35.5 Å². The Balaban J connectivity index is 1.85. The van der Waals surface area contributed by atoms with Crippen LogP contribution in [0.15, 0.2) is 12.1 Å². The van der Waals surface area contributed by atoms with E-state index in [-0.39, 0.29) is 0 Å². The fourth-order valence-electron chi connectivity index (χ4n) is 3.10. The number of carbonyl (C=O) groups is 1. The average molecular weight is 300 g/mol. The third-order valence-corrected chi connectivity index (χ3v) is 4.18. The molecule has 21 heavy (non-hydrogen) atoms. The van der Waals surface area contributed by atoms with Gasteiger partial charge in [0, 0.05) is 37.7 Å². The molecule has 2 aliphatic rings. The van der Waals surface area contributed by atoms with Gasteiger partial charge in [-0.1, -0.05) is 0 Å². The number of rotatable bonds is 2. The lowest BCUT2D eigenvalue weighted by Crippen LogP contribution is -2.42. The van der Waals surface area contributed by atoms with Crippen LogP contribution in [0.5, 0.6) is 0 Å². The minimum Gasteiger partial charge on any atom is -0.378 e. The molecule has 0 aromatic heterocycles. The Morgan fingerprint density at radius 3 is 2.52 bits per heavy atom. The van der Waals surface area contributed by atoms with Gasteiger partial charge in [0.1, 0.15) is 17.5 Å². The smallest absolute Gasteiger partial charge is 0.172 e. The summed E-state index contributed by atoms with van der Waals surface area (Å²) in [5, 5.41) is 0. The van der Waals surface area contributed by atoms with Gasteiger partial charge in [0.15, 0.2) is 5.78 Å². The third-order valence-electron chi connectivity index (χ3n) is 4.18. The number of Topliss-reactive ketones (excluding diaryl/α,β-unsaturated/α-hetero) is 1. The first-order valence-corrected chi connectivity index (χ1v) is 6.91. The van der Waals surface area contributed by atoms with Gasteiger partial charge in [0.2, 0.25) is 0 Å². The Morgan fingerprint density at radius 1 is 1.19 bits per heavy atom. The van der Waals surface area contributed by atoms with Crippen molar-refractivity contribution in [2.45, 2.75) is 24.9 Å². The Kier molecular flexibility index (Phi) is 3.75. The molecule has 2 fully saturated rings. The first-order chi connectivity index (χ1) is 10.0. The van der Waals surface area contributed by atoms with Crippen LogP contribution in [0.25, 0.3) is 0 Å². The summed E-state index contributed by atoms with van der Waals surface area (Å²) in [7, 11) is 0. The minimum atomic E-state index is -1.15. The van der Waals surface area contributed by atoms with Gasteiger partial charge in [-0.05, 0) is 12.8 Å². The van der Waals surface area contributed by atoms with Crippen LogP contribution < -0.4 is 0 Å². The molecule has 0 amide bonds. The number of halogens is 3. The lowest BCUT2D eigenvalue weighted by molar-refractivity contribution is -0.0921. The number of ether oxygens (including phenoxy) is 2. The van der Waals surface area contributed by atoms with Crippen LogP contribution in [0.2, 0.25) is 0 Å². The molecule has 0 radical (unpaired) electrons. The molecular weight excluding hydrogens is 285 g/mol. The maximum atomic E-state index is 13.7. The van der Waals surface area contributed by atoms with E-state index in [0.29, 0.717) is 51.2 Å². The summed E-state index contributed by atoms with van der Waals surface area (Å²) < 4.78 is 51.4. The second-order valence-electron chi connectivity index (χ2n) is 5.63. The fraction of sp³-hybridized carbons (Fsp3) is 0.533. The van der Waals surface area contributed by atoms with Crippen LogP contribution >= 0.6 is 0 Å². The molecule has 114 valence electrons. The molecule has 2 aliphatic heterocycles. The van der Waals surface area contributed by atoms with Crippen molar-refractivity contribution in [1.29, 1.82) is 0 Å². The first kappa shape index (κ1) is 14.5. The van der Waals surface area contributed by atoms with Crippen molar-refractivity contribution in [2.24, 2.45) is 5.92 Å². The summed E-state index contributed by atoms with van der Waals surface area (Å²) in [5.74, 6) is -4.50. The van der Waals surface area contributed by atoms with E-state index in [0.717, 1.165) is 0 Å². The summed E-state index contributed by atoms with van der Waals surface area (Å²) in [4.78, 5) is 12.4. The molecule has 6 heteroatoms. The van der Waals surface area contributed by atoms with Crippen LogP contribution in [0.3, 0.4) is 0 Å². The minimum absolute atomic E-state index is 0.351. The first-order valence-electron chi connectivity index (χ1n) is 6.91. The molecular formula is C15H15F3O3. The van der Waals surface area contributed by atoms with Crippen LogP contribution in [0.1, 0.15) is 29.6 Å². The van der Waals surface area contributed by atoms with Crippen LogP contribution in [-0.2, 0) is 9.47 Å². The number of ketones is 1. The maximum Gasteiger partial charge on any atom is 0.172 e. The van der Waals surface area contributed by atoms with E-state index < -0.39 is 40.3 Å². The third kappa shape index (κ3) is 2.70. The second-order valence-corrected chi connectivity index (χ2v) is 5.63. The highest BCUT2D eigenvalue weighted by Gasteiger charge is 2.43. The molecule has 0 bridgehead atoms. The van der Waals surface area contributed by atoms with Crippen molar-refractivity contribution < 1.29 is 27.4 Å². The van der Waals surface area contributed by atoms with E-state index in [4.69, 9.17) is 9.47 Å². The van der Waals surface area contributed by atoms with Gasteiger partial charge in [-0.25, -0.2) is 13.2 Å². The zero-order valence-corrected chi connectivity index (χ0v) is 11.3. The zero-order chi connectivity index (χ0) is 15.0. The molecule has 3 rings (SSSR count). The largest absolute Gasteiger partial charge is 0.378 e. The second kappa shape index (κ2) is 5.42. The van der Waals surface area contributed by atoms with E-state index in [1.54, 1.807) is 0 Å². The SMILES string of the molecule is O=C(c1c(F)cc(F)cc1F)C1CCOC2(CCOC2)C1. The Bertz CT molecular complexity index is 544. The number of benzene rings is 1. The monoisotopic (exact) mass is 300 g/mol. The molecule has 1 aromatic carbocycles. The Labute approximate surface area is 120 Å². The van der Waals surface area contributed by atoms with Crippen molar-refractivity contribution >= 4 is 5.78 Å². The summed E-state index contributed by atoms with van der Waals surface area (Å²) in [5.41, 5.74) is -1.18. The van der Waals surface area contributed by atoms with Crippen molar-refractivity contribution in [1.82, 2.24) is 0 Å². The Morgan fingerprint density at radius 2 is 1.90 bits per heavy atom. The van der Waals surface area contributed by atoms with E-state index in [2.05, 4.69) is 0 Å². The van der Waals surface area contributed by atoms with E-state index in [9.17, 15) is 18.0 Å². The van der Waals surface area contributed by atoms with Crippen LogP contribution in [0, 0.1) is 23.4 Å².